The SMILES string of the molecule is COc1ccc2c(-c3cn(-c4ccc(C(=O)N5CCOCC5)cc4)nn3)n[nH]c2c1. The highest BCUT2D eigenvalue weighted by atomic mass is 16.5. The zero-order chi connectivity index (χ0) is 20.5. The van der Waals surface area contributed by atoms with E-state index >= 15 is 0 Å². The number of carbonyl (C=O) groups excluding carboxylic acids is 1. The molecular weight excluding hydrogens is 384 g/mol. The van der Waals surface area contributed by atoms with Crippen molar-refractivity contribution in [3.05, 3.63) is 54.2 Å². The van der Waals surface area contributed by atoms with Gasteiger partial charge in [-0.15, -0.1) is 5.10 Å². The van der Waals surface area contributed by atoms with Crippen molar-refractivity contribution >= 4 is 16.8 Å². The van der Waals surface area contributed by atoms with Crippen LogP contribution in [-0.2, 0) is 4.74 Å². The molecule has 3 heterocycles. The Bertz CT molecular complexity index is 1190. The van der Waals surface area contributed by atoms with E-state index in [9.17, 15) is 4.79 Å². The highest BCUT2D eigenvalue weighted by molar-refractivity contribution is 5.94. The number of rotatable bonds is 4. The average molecular weight is 404 g/mol. The van der Waals surface area contributed by atoms with Crippen molar-refractivity contribution in [3.8, 4) is 22.8 Å². The van der Waals surface area contributed by atoms with Gasteiger partial charge < -0.3 is 14.4 Å². The second kappa shape index (κ2) is 7.60. The van der Waals surface area contributed by atoms with Gasteiger partial charge in [0.15, 0.2) is 0 Å². The average Bonchev–Trinajstić information content (AvgIpc) is 3.46. The molecule has 5 rings (SSSR count). The number of ether oxygens (including phenoxy) is 2. The molecule has 2 aromatic carbocycles. The Labute approximate surface area is 172 Å². The van der Waals surface area contributed by atoms with Crippen LogP contribution >= 0.6 is 0 Å². The van der Waals surface area contributed by atoms with E-state index in [0.29, 0.717) is 37.6 Å². The number of nitrogens with one attached hydrogen (secondary N) is 1. The van der Waals surface area contributed by atoms with Gasteiger partial charge in [-0.1, -0.05) is 5.21 Å². The van der Waals surface area contributed by atoms with Crippen LogP contribution in [0, 0.1) is 0 Å². The molecule has 1 aliphatic rings. The Morgan fingerprint density at radius 2 is 1.93 bits per heavy atom. The largest absolute Gasteiger partial charge is 0.497 e. The number of methoxy groups -OCH3 is 1. The van der Waals surface area contributed by atoms with Gasteiger partial charge in [0.2, 0.25) is 0 Å². The van der Waals surface area contributed by atoms with Gasteiger partial charge in [-0.25, -0.2) is 4.68 Å². The van der Waals surface area contributed by atoms with Gasteiger partial charge >= 0.3 is 0 Å². The lowest BCUT2D eigenvalue weighted by atomic mass is 10.1. The van der Waals surface area contributed by atoms with Gasteiger partial charge in [-0.05, 0) is 36.4 Å². The molecule has 152 valence electrons. The number of benzene rings is 2. The molecule has 1 aliphatic heterocycles. The van der Waals surface area contributed by atoms with Crippen molar-refractivity contribution in [2.24, 2.45) is 0 Å². The van der Waals surface area contributed by atoms with Crippen LogP contribution in [-0.4, -0.2) is 69.4 Å². The van der Waals surface area contributed by atoms with Crippen LogP contribution in [0.25, 0.3) is 28.0 Å². The van der Waals surface area contributed by atoms with Gasteiger partial charge in [0, 0.05) is 30.1 Å². The molecule has 1 amide bonds. The van der Waals surface area contributed by atoms with Crippen molar-refractivity contribution < 1.29 is 14.3 Å². The summed E-state index contributed by atoms with van der Waals surface area (Å²) in [5.74, 6) is 0.774. The summed E-state index contributed by atoms with van der Waals surface area (Å²) in [6.07, 6.45) is 1.82. The molecule has 1 fully saturated rings. The maximum absolute atomic E-state index is 12.6. The summed E-state index contributed by atoms with van der Waals surface area (Å²) < 4.78 is 12.2. The fraction of sp³-hybridized carbons (Fsp3) is 0.238. The number of nitrogens with zero attached hydrogens (tertiary/aromatic N) is 5. The topological polar surface area (TPSA) is 98.2 Å². The molecule has 1 saturated heterocycles. The van der Waals surface area contributed by atoms with Gasteiger partial charge in [0.25, 0.3) is 5.91 Å². The van der Waals surface area contributed by atoms with Crippen LogP contribution in [0.5, 0.6) is 5.75 Å². The molecule has 0 saturated carbocycles. The first-order valence-corrected chi connectivity index (χ1v) is 9.65. The lowest BCUT2D eigenvalue weighted by molar-refractivity contribution is 0.0303. The predicted molar refractivity (Wildman–Crippen MR) is 110 cm³/mol. The first-order chi connectivity index (χ1) is 14.7. The summed E-state index contributed by atoms with van der Waals surface area (Å²) in [6, 6.07) is 13.1. The van der Waals surface area contributed by atoms with E-state index in [1.54, 1.807) is 11.8 Å². The highest BCUT2D eigenvalue weighted by Gasteiger charge is 2.19. The Balaban J connectivity index is 1.38. The van der Waals surface area contributed by atoms with Crippen molar-refractivity contribution in [1.29, 1.82) is 0 Å². The maximum Gasteiger partial charge on any atom is 0.254 e. The Kier molecular flexibility index (Phi) is 4.64. The standard InChI is InChI=1S/C21H20N6O3/c1-29-16-6-7-17-18(12-16)22-24-20(17)19-13-27(25-23-19)15-4-2-14(3-5-15)21(28)26-8-10-30-11-9-26/h2-7,12-13H,8-11H2,1H3,(H,22,24). The van der Waals surface area contributed by atoms with E-state index < -0.39 is 0 Å². The van der Waals surface area contributed by atoms with Crippen molar-refractivity contribution in [1.82, 2.24) is 30.1 Å². The van der Waals surface area contributed by atoms with Gasteiger partial charge in [-0.3, -0.25) is 9.89 Å². The van der Waals surface area contributed by atoms with Crippen LogP contribution in [0.1, 0.15) is 10.4 Å². The predicted octanol–water partition coefficient (Wildman–Crippen LogP) is 2.29. The van der Waals surface area contributed by atoms with E-state index in [0.717, 1.165) is 28.0 Å². The molecule has 0 bridgehead atoms. The second-order valence-corrected chi connectivity index (χ2v) is 6.98. The lowest BCUT2D eigenvalue weighted by Gasteiger charge is -2.26. The van der Waals surface area contributed by atoms with Crippen LogP contribution in [0.3, 0.4) is 0 Å². The van der Waals surface area contributed by atoms with E-state index in [4.69, 9.17) is 9.47 Å². The molecule has 0 spiro atoms. The number of amides is 1. The molecule has 0 atom stereocenters. The summed E-state index contributed by atoms with van der Waals surface area (Å²) in [6.45, 7) is 2.41. The van der Waals surface area contributed by atoms with E-state index in [2.05, 4.69) is 20.5 Å². The fourth-order valence-electron chi connectivity index (χ4n) is 3.53. The molecule has 2 aromatic heterocycles. The monoisotopic (exact) mass is 404 g/mol. The number of aromatic amines is 1. The number of carbonyl (C=O) groups is 1. The van der Waals surface area contributed by atoms with Crippen LogP contribution in [0.2, 0.25) is 0 Å². The molecule has 9 nitrogen and oxygen atoms in total. The summed E-state index contributed by atoms with van der Waals surface area (Å²) in [5.41, 5.74) is 3.70. The normalized spacial score (nSPS) is 14.2. The third kappa shape index (κ3) is 3.29. The minimum absolute atomic E-state index is 0.0163. The van der Waals surface area contributed by atoms with Crippen LogP contribution < -0.4 is 4.74 Å². The quantitative estimate of drug-likeness (QED) is 0.560. The van der Waals surface area contributed by atoms with Crippen LogP contribution in [0.15, 0.2) is 48.7 Å². The third-order valence-electron chi connectivity index (χ3n) is 5.18. The first kappa shape index (κ1) is 18.3. The molecule has 0 radical (unpaired) electrons. The minimum atomic E-state index is 0.0163. The molecule has 0 unspecified atom stereocenters. The van der Waals surface area contributed by atoms with Gasteiger partial charge in [0.1, 0.15) is 17.1 Å². The second-order valence-electron chi connectivity index (χ2n) is 6.98. The summed E-state index contributed by atoms with van der Waals surface area (Å²) in [4.78, 5) is 14.4. The number of hydrogen-bond acceptors (Lipinski definition) is 6. The van der Waals surface area contributed by atoms with Crippen molar-refractivity contribution in [3.63, 3.8) is 0 Å². The Morgan fingerprint density at radius 1 is 1.13 bits per heavy atom. The lowest BCUT2D eigenvalue weighted by Crippen LogP contribution is -2.40. The number of H-pyrrole nitrogens is 1. The molecular formula is C21H20N6O3. The molecule has 9 heteroatoms. The number of morpholine rings is 1. The minimum Gasteiger partial charge on any atom is -0.497 e. The molecule has 1 N–H and O–H groups in total. The van der Waals surface area contributed by atoms with Crippen molar-refractivity contribution in [2.75, 3.05) is 33.4 Å². The number of fused-ring (bicyclic) bond motifs is 1. The molecule has 0 aliphatic carbocycles. The van der Waals surface area contributed by atoms with E-state index in [1.807, 2.05) is 53.6 Å². The van der Waals surface area contributed by atoms with Gasteiger partial charge in [-0.2, -0.15) is 5.10 Å². The summed E-state index contributed by atoms with van der Waals surface area (Å²) in [5, 5.41) is 16.8. The van der Waals surface area contributed by atoms with Gasteiger partial charge in [0.05, 0.1) is 37.7 Å². The smallest absolute Gasteiger partial charge is 0.254 e. The van der Waals surface area contributed by atoms with E-state index in [-0.39, 0.29) is 5.91 Å². The zero-order valence-electron chi connectivity index (χ0n) is 16.4. The zero-order valence-corrected chi connectivity index (χ0v) is 16.4. The Morgan fingerprint density at radius 3 is 2.70 bits per heavy atom. The maximum atomic E-state index is 12.6. The molecule has 30 heavy (non-hydrogen) atoms. The van der Waals surface area contributed by atoms with Crippen molar-refractivity contribution in [2.45, 2.75) is 0 Å². The number of aromatic nitrogens is 5. The van der Waals surface area contributed by atoms with Crippen LogP contribution in [0.4, 0.5) is 0 Å². The fourth-order valence-corrected chi connectivity index (χ4v) is 3.53. The molecule has 4 aromatic rings. The third-order valence-corrected chi connectivity index (χ3v) is 5.18. The highest BCUT2D eigenvalue weighted by Crippen LogP contribution is 2.27. The summed E-state index contributed by atoms with van der Waals surface area (Å²) >= 11 is 0. The number of hydrogen-bond donors (Lipinski definition) is 1. The first-order valence-electron chi connectivity index (χ1n) is 9.65. The van der Waals surface area contributed by atoms with E-state index in [1.165, 1.54) is 0 Å². The Hall–Kier alpha value is -3.72. The summed E-state index contributed by atoms with van der Waals surface area (Å²) in [7, 11) is 1.63.